The fraction of sp³-hybridized carbons (Fsp3) is 0.385. The van der Waals surface area contributed by atoms with Crippen LogP contribution in [0.25, 0.3) is 0 Å². The zero-order valence-electron chi connectivity index (χ0n) is 10.7. The molecule has 7 heteroatoms. The standard InChI is InChI=1S/C13H16N2O5/c16-7-8-3-4-15(6-8)13(20)14-10-2-1-9(12(18)19)5-11(10)17/h1-2,5,8,16-17H,3-4,6-7H2,(H,14,20)(H,18,19). The highest BCUT2D eigenvalue weighted by atomic mass is 16.4. The maximum absolute atomic E-state index is 12.0. The highest BCUT2D eigenvalue weighted by molar-refractivity contribution is 5.93. The van der Waals surface area contributed by atoms with E-state index in [2.05, 4.69) is 5.32 Å². The molecule has 1 aliphatic heterocycles. The first kappa shape index (κ1) is 14.1. The fourth-order valence-corrected chi connectivity index (χ4v) is 2.13. The number of nitrogens with zero attached hydrogens (tertiary/aromatic N) is 1. The topological polar surface area (TPSA) is 110 Å². The average Bonchev–Trinajstić information content (AvgIpc) is 2.89. The zero-order chi connectivity index (χ0) is 14.7. The summed E-state index contributed by atoms with van der Waals surface area (Å²) in [4.78, 5) is 24.2. The molecule has 0 aliphatic carbocycles. The number of aromatic carboxylic acids is 1. The molecule has 20 heavy (non-hydrogen) atoms. The number of nitrogens with one attached hydrogen (secondary N) is 1. The Labute approximate surface area is 115 Å². The second kappa shape index (κ2) is 5.79. The molecule has 0 saturated carbocycles. The summed E-state index contributed by atoms with van der Waals surface area (Å²) in [6, 6.07) is 3.35. The van der Waals surface area contributed by atoms with Gasteiger partial charge < -0.3 is 25.5 Å². The van der Waals surface area contributed by atoms with Gasteiger partial charge in [0.05, 0.1) is 11.3 Å². The van der Waals surface area contributed by atoms with Crippen LogP contribution in [0.3, 0.4) is 0 Å². The third kappa shape index (κ3) is 3.00. The molecule has 0 bridgehead atoms. The monoisotopic (exact) mass is 280 g/mol. The number of phenolic OH excluding ortho intramolecular Hbond substituents is 1. The third-order valence-corrected chi connectivity index (χ3v) is 3.32. The number of aliphatic hydroxyl groups is 1. The lowest BCUT2D eigenvalue weighted by atomic mass is 10.1. The van der Waals surface area contributed by atoms with Crippen molar-refractivity contribution in [3.63, 3.8) is 0 Å². The number of aromatic hydroxyl groups is 1. The molecule has 1 fully saturated rings. The lowest BCUT2D eigenvalue weighted by molar-refractivity contribution is 0.0696. The van der Waals surface area contributed by atoms with Crippen molar-refractivity contribution in [1.29, 1.82) is 0 Å². The van der Waals surface area contributed by atoms with E-state index in [9.17, 15) is 14.7 Å². The first-order valence-electron chi connectivity index (χ1n) is 6.24. The number of anilines is 1. The Hall–Kier alpha value is -2.28. The molecule has 2 amide bonds. The third-order valence-electron chi connectivity index (χ3n) is 3.32. The highest BCUT2D eigenvalue weighted by Crippen LogP contribution is 2.25. The van der Waals surface area contributed by atoms with Gasteiger partial charge in [-0.15, -0.1) is 0 Å². The van der Waals surface area contributed by atoms with Gasteiger partial charge in [0.1, 0.15) is 5.75 Å². The van der Waals surface area contributed by atoms with E-state index >= 15 is 0 Å². The molecule has 108 valence electrons. The van der Waals surface area contributed by atoms with Crippen LogP contribution in [0.4, 0.5) is 10.5 Å². The van der Waals surface area contributed by atoms with Crippen molar-refractivity contribution in [2.75, 3.05) is 25.0 Å². The predicted octanol–water partition coefficient (Wildman–Crippen LogP) is 0.936. The number of carboxylic acid groups (broad SMARTS) is 1. The first-order valence-corrected chi connectivity index (χ1v) is 6.24. The van der Waals surface area contributed by atoms with Crippen LogP contribution in [0.1, 0.15) is 16.8 Å². The molecule has 0 aromatic heterocycles. The first-order chi connectivity index (χ1) is 9.51. The summed E-state index contributed by atoms with van der Waals surface area (Å²) in [5, 5.41) is 30.0. The van der Waals surface area contributed by atoms with Gasteiger partial charge in [-0.25, -0.2) is 9.59 Å². The van der Waals surface area contributed by atoms with E-state index in [1.165, 1.54) is 12.1 Å². The van der Waals surface area contributed by atoms with E-state index in [1.807, 2.05) is 0 Å². The van der Waals surface area contributed by atoms with Crippen LogP contribution in [0.5, 0.6) is 5.75 Å². The summed E-state index contributed by atoms with van der Waals surface area (Å²) in [6.07, 6.45) is 0.744. The molecule has 4 N–H and O–H groups in total. The number of carboxylic acids is 1. The van der Waals surface area contributed by atoms with Gasteiger partial charge in [0.2, 0.25) is 0 Å². The van der Waals surface area contributed by atoms with Crippen LogP contribution >= 0.6 is 0 Å². The minimum absolute atomic E-state index is 0.0440. The summed E-state index contributed by atoms with van der Waals surface area (Å²) in [7, 11) is 0. The molecule has 7 nitrogen and oxygen atoms in total. The van der Waals surface area contributed by atoms with Gasteiger partial charge in [0, 0.05) is 25.6 Å². The van der Waals surface area contributed by atoms with E-state index in [1.54, 1.807) is 4.90 Å². The molecule has 0 radical (unpaired) electrons. The maximum atomic E-state index is 12.0. The van der Waals surface area contributed by atoms with Gasteiger partial charge in [0.25, 0.3) is 0 Å². The molecule has 1 saturated heterocycles. The van der Waals surface area contributed by atoms with Crippen molar-refractivity contribution in [3.05, 3.63) is 23.8 Å². The number of hydrogen-bond acceptors (Lipinski definition) is 4. The molecule has 1 atom stereocenters. The number of phenols is 1. The Balaban J connectivity index is 2.03. The second-order valence-electron chi connectivity index (χ2n) is 4.75. The molecule has 1 aliphatic rings. The van der Waals surface area contributed by atoms with E-state index in [-0.39, 0.29) is 35.6 Å². The second-order valence-corrected chi connectivity index (χ2v) is 4.75. The minimum Gasteiger partial charge on any atom is -0.506 e. The SMILES string of the molecule is O=C(O)c1ccc(NC(=O)N2CCC(CO)C2)c(O)c1. The number of rotatable bonds is 3. The van der Waals surface area contributed by atoms with Crippen LogP contribution < -0.4 is 5.32 Å². The van der Waals surface area contributed by atoms with Crippen LogP contribution in [0.15, 0.2) is 18.2 Å². The van der Waals surface area contributed by atoms with E-state index in [4.69, 9.17) is 10.2 Å². The van der Waals surface area contributed by atoms with Crippen LogP contribution in [0.2, 0.25) is 0 Å². The zero-order valence-corrected chi connectivity index (χ0v) is 10.7. The van der Waals surface area contributed by atoms with E-state index in [0.717, 1.165) is 12.5 Å². The average molecular weight is 280 g/mol. The van der Waals surface area contributed by atoms with Gasteiger partial charge in [-0.2, -0.15) is 0 Å². The largest absolute Gasteiger partial charge is 0.506 e. The predicted molar refractivity (Wildman–Crippen MR) is 70.9 cm³/mol. The maximum Gasteiger partial charge on any atom is 0.335 e. The molecule has 1 heterocycles. The lowest BCUT2D eigenvalue weighted by Gasteiger charge is -2.17. The Morgan fingerprint density at radius 2 is 2.15 bits per heavy atom. The van der Waals surface area contributed by atoms with Crippen molar-refractivity contribution >= 4 is 17.7 Å². The lowest BCUT2D eigenvalue weighted by Crippen LogP contribution is -2.33. The number of benzene rings is 1. The van der Waals surface area contributed by atoms with Crippen LogP contribution in [0, 0.1) is 5.92 Å². The van der Waals surface area contributed by atoms with E-state index < -0.39 is 5.97 Å². The number of likely N-dealkylation sites (tertiary alicyclic amines) is 1. The van der Waals surface area contributed by atoms with Crippen molar-refractivity contribution in [2.45, 2.75) is 6.42 Å². The number of amides is 2. The summed E-state index contributed by atoms with van der Waals surface area (Å²) in [6.45, 7) is 1.06. The highest BCUT2D eigenvalue weighted by Gasteiger charge is 2.26. The molecule has 0 spiro atoms. The van der Waals surface area contributed by atoms with Crippen molar-refractivity contribution in [1.82, 2.24) is 4.90 Å². The van der Waals surface area contributed by atoms with E-state index in [0.29, 0.717) is 13.1 Å². The van der Waals surface area contributed by atoms with Crippen molar-refractivity contribution < 1.29 is 24.9 Å². The Kier molecular flexibility index (Phi) is 4.09. The van der Waals surface area contributed by atoms with Crippen molar-refractivity contribution in [2.24, 2.45) is 5.92 Å². The number of carbonyl (C=O) groups excluding carboxylic acids is 1. The quantitative estimate of drug-likeness (QED) is 0.616. The van der Waals surface area contributed by atoms with Gasteiger partial charge >= 0.3 is 12.0 Å². The number of aliphatic hydroxyl groups excluding tert-OH is 1. The van der Waals surface area contributed by atoms with Crippen molar-refractivity contribution in [3.8, 4) is 5.75 Å². The summed E-state index contributed by atoms with van der Waals surface area (Å²) in [5.74, 6) is -1.36. The Bertz CT molecular complexity index is 531. The summed E-state index contributed by atoms with van der Waals surface area (Å²) in [5.41, 5.74) is 0.106. The Morgan fingerprint density at radius 3 is 2.70 bits per heavy atom. The van der Waals surface area contributed by atoms with Gasteiger partial charge in [-0.3, -0.25) is 0 Å². The summed E-state index contributed by atoms with van der Waals surface area (Å²) >= 11 is 0. The van der Waals surface area contributed by atoms with Gasteiger partial charge in [-0.05, 0) is 24.6 Å². The van der Waals surface area contributed by atoms with Crippen LogP contribution in [-0.4, -0.2) is 51.9 Å². The summed E-state index contributed by atoms with van der Waals surface area (Å²) < 4.78 is 0. The van der Waals surface area contributed by atoms with Gasteiger partial charge in [-0.1, -0.05) is 0 Å². The molecule has 1 aromatic carbocycles. The normalized spacial score (nSPS) is 18.1. The Morgan fingerprint density at radius 1 is 1.40 bits per heavy atom. The molecule has 1 aromatic rings. The fourth-order valence-electron chi connectivity index (χ4n) is 2.13. The molecular weight excluding hydrogens is 264 g/mol. The van der Waals surface area contributed by atoms with Gasteiger partial charge in [0.15, 0.2) is 0 Å². The molecule has 1 unspecified atom stereocenters. The number of hydrogen-bond donors (Lipinski definition) is 4. The molecule has 2 rings (SSSR count). The minimum atomic E-state index is -1.15. The number of urea groups is 1. The molecular formula is C13H16N2O5. The number of carbonyl (C=O) groups is 2. The van der Waals surface area contributed by atoms with Crippen LogP contribution in [-0.2, 0) is 0 Å². The smallest absolute Gasteiger partial charge is 0.335 e.